The van der Waals surface area contributed by atoms with Gasteiger partial charge in [0.25, 0.3) is 0 Å². The Hall–Kier alpha value is -1.32. The summed E-state index contributed by atoms with van der Waals surface area (Å²) in [7, 11) is 0. The number of hydrogen-bond donors (Lipinski definition) is 1. The summed E-state index contributed by atoms with van der Waals surface area (Å²) in [5, 5.41) is 4.43. The van der Waals surface area contributed by atoms with Gasteiger partial charge in [-0.3, -0.25) is 0 Å². The van der Waals surface area contributed by atoms with Crippen molar-refractivity contribution in [2.24, 2.45) is 0 Å². The van der Waals surface area contributed by atoms with Gasteiger partial charge < -0.3 is 9.88 Å². The highest BCUT2D eigenvalue weighted by molar-refractivity contribution is 6.30. The first-order valence-corrected chi connectivity index (χ1v) is 7.58. The zero-order valence-electron chi connectivity index (χ0n) is 11.9. The number of halogens is 1. The zero-order valence-corrected chi connectivity index (χ0v) is 12.7. The third-order valence-electron chi connectivity index (χ3n) is 4.07. The summed E-state index contributed by atoms with van der Waals surface area (Å²) in [5.41, 5.74) is 3.55. The van der Waals surface area contributed by atoms with Gasteiger partial charge in [0.15, 0.2) is 0 Å². The van der Waals surface area contributed by atoms with Crippen LogP contribution < -0.4 is 5.32 Å². The van der Waals surface area contributed by atoms with Gasteiger partial charge in [-0.1, -0.05) is 17.7 Å². The van der Waals surface area contributed by atoms with E-state index in [9.17, 15) is 0 Å². The normalized spacial score (nSPS) is 22.9. The Morgan fingerprint density at radius 2 is 2.20 bits per heavy atom. The second kappa shape index (κ2) is 5.58. The van der Waals surface area contributed by atoms with Crippen LogP contribution in [-0.4, -0.2) is 15.6 Å². The van der Waals surface area contributed by atoms with Gasteiger partial charge in [-0.05, 0) is 50.8 Å². The van der Waals surface area contributed by atoms with E-state index in [4.69, 9.17) is 11.6 Å². The first-order chi connectivity index (χ1) is 9.65. The minimum atomic E-state index is 0.375. The number of piperidine rings is 1. The van der Waals surface area contributed by atoms with Crippen molar-refractivity contribution in [1.82, 2.24) is 14.9 Å². The number of nitrogens with one attached hydrogen (secondary N) is 1. The molecule has 2 atom stereocenters. The lowest BCUT2D eigenvalue weighted by molar-refractivity contribution is 0.334. The molecular formula is C16H20ClN3. The van der Waals surface area contributed by atoms with Crippen LogP contribution in [0.4, 0.5) is 0 Å². The Labute approximate surface area is 125 Å². The molecule has 2 unspecified atom stereocenters. The highest BCUT2D eigenvalue weighted by Crippen LogP contribution is 2.28. The van der Waals surface area contributed by atoms with Gasteiger partial charge in [0.1, 0.15) is 0 Å². The van der Waals surface area contributed by atoms with Crippen LogP contribution >= 0.6 is 11.6 Å². The summed E-state index contributed by atoms with van der Waals surface area (Å²) in [4.78, 5) is 4.35. The van der Waals surface area contributed by atoms with Gasteiger partial charge >= 0.3 is 0 Å². The molecule has 106 valence electrons. The summed E-state index contributed by atoms with van der Waals surface area (Å²) >= 11 is 6.15. The summed E-state index contributed by atoms with van der Waals surface area (Å²) in [5.74, 6) is 0. The largest absolute Gasteiger partial charge is 0.306 e. The van der Waals surface area contributed by atoms with Crippen LogP contribution in [0.3, 0.4) is 0 Å². The van der Waals surface area contributed by atoms with E-state index in [1.807, 2.05) is 24.7 Å². The average Bonchev–Trinajstić information content (AvgIpc) is 2.90. The van der Waals surface area contributed by atoms with Gasteiger partial charge in [0, 0.05) is 17.1 Å². The van der Waals surface area contributed by atoms with Crippen molar-refractivity contribution in [3.8, 4) is 5.69 Å². The van der Waals surface area contributed by atoms with Gasteiger partial charge in [-0.15, -0.1) is 0 Å². The molecule has 3 nitrogen and oxygen atoms in total. The smallest absolute Gasteiger partial charge is 0.0994 e. The molecule has 4 heteroatoms. The van der Waals surface area contributed by atoms with E-state index in [-0.39, 0.29) is 0 Å². The van der Waals surface area contributed by atoms with E-state index < -0.39 is 0 Å². The molecule has 0 saturated carbocycles. The van der Waals surface area contributed by atoms with E-state index in [1.54, 1.807) is 0 Å². The van der Waals surface area contributed by atoms with E-state index in [0.29, 0.717) is 12.1 Å². The highest BCUT2D eigenvalue weighted by Gasteiger charge is 2.22. The van der Waals surface area contributed by atoms with Crippen molar-refractivity contribution >= 4 is 11.6 Å². The predicted molar refractivity (Wildman–Crippen MR) is 82.5 cm³/mol. The van der Waals surface area contributed by atoms with E-state index in [0.717, 1.165) is 17.1 Å². The van der Waals surface area contributed by atoms with Crippen molar-refractivity contribution in [2.75, 3.05) is 0 Å². The minimum absolute atomic E-state index is 0.375. The molecule has 1 aliphatic heterocycles. The quantitative estimate of drug-likeness (QED) is 0.904. The first-order valence-electron chi connectivity index (χ1n) is 7.20. The van der Waals surface area contributed by atoms with Crippen LogP contribution in [0.15, 0.2) is 30.7 Å². The topological polar surface area (TPSA) is 29.9 Å². The summed E-state index contributed by atoms with van der Waals surface area (Å²) in [6.45, 7) is 4.35. The molecule has 0 radical (unpaired) electrons. The van der Waals surface area contributed by atoms with Crippen LogP contribution in [0.1, 0.15) is 43.5 Å². The third-order valence-corrected chi connectivity index (χ3v) is 4.31. The Kier molecular flexibility index (Phi) is 3.81. The molecule has 1 aromatic carbocycles. The van der Waals surface area contributed by atoms with Gasteiger partial charge in [0.2, 0.25) is 0 Å². The van der Waals surface area contributed by atoms with Gasteiger partial charge in [-0.25, -0.2) is 4.98 Å². The highest BCUT2D eigenvalue weighted by atomic mass is 35.5. The summed E-state index contributed by atoms with van der Waals surface area (Å²) in [6, 6.07) is 6.93. The summed E-state index contributed by atoms with van der Waals surface area (Å²) in [6.07, 6.45) is 7.53. The first kappa shape index (κ1) is 13.7. The maximum absolute atomic E-state index is 6.15. The second-order valence-electron chi connectivity index (χ2n) is 5.67. The number of imidazole rings is 1. The maximum Gasteiger partial charge on any atom is 0.0994 e. The fourth-order valence-corrected chi connectivity index (χ4v) is 3.14. The van der Waals surface area contributed by atoms with Crippen molar-refractivity contribution in [3.05, 3.63) is 47.0 Å². The molecule has 0 aliphatic carbocycles. The minimum Gasteiger partial charge on any atom is -0.306 e. The van der Waals surface area contributed by atoms with Crippen molar-refractivity contribution in [1.29, 1.82) is 0 Å². The average molecular weight is 290 g/mol. The molecule has 0 amide bonds. The Morgan fingerprint density at radius 1 is 1.35 bits per heavy atom. The van der Waals surface area contributed by atoms with Gasteiger partial charge in [-0.2, -0.15) is 0 Å². The maximum atomic E-state index is 6.15. The number of rotatable bonds is 2. The predicted octanol–water partition coefficient (Wildman–Crippen LogP) is 4.04. The molecule has 1 aromatic heterocycles. The lowest BCUT2D eigenvalue weighted by atomic mass is 9.97. The Balaban J connectivity index is 1.99. The third kappa shape index (κ3) is 2.60. The van der Waals surface area contributed by atoms with E-state index in [1.165, 1.54) is 24.1 Å². The number of benzene rings is 1. The standard InChI is InChI=1S/C16H20ClN3/c1-11-6-7-13(17)8-15(11)20-10-18-9-16(20)14-5-3-4-12(2)19-14/h6-10,12,14,19H,3-5H2,1-2H3. The summed E-state index contributed by atoms with van der Waals surface area (Å²) < 4.78 is 2.16. The SMILES string of the molecule is Cc1ccc(Cl)cc1-n1cncc1C1CCCC(C)N1. The number of nitrogens with zero attached hydrogens (tertiary/aromatic N) is 2. The molecule has 0 spiro atoms. The fraction of sp³-hybridized carbons (Fsp3) is 0.438. The van der Waals surface area contributed by atoms with Crippen LogP contribution in [0, 0.1) is 6.92 Å². The molecule has 3 rings (SSSR count). The number of hydrogen-bond acceptors (Lipinski definition) is 2. The van der Waals surface area contributed by atoms with Crippen molar-refractivity contribution in [2.45, 2.75) is 45.2 Å². The Bertz CT molecular complexity index is 606. The number of aromatic nitrogens is 2. The molecular weight excluding hydrogens is 270 g/mol. The molecule has 0 bridgehead atoms. The van der Waals surface area contributed by atoms with Crippen LogP contribution in [0.5, 0.6) is 0 Å². The van der Waals surface area contributed by atoms with Crippen LogP contribution in [0.2, 0.25) is 5.02 Å². The van der Waals surface area contributed by atoms with Gasteiger partial charge in [0.05, 0.1) is 23.9 Å². The zero-order chi connectivity index (χ0) is 14.1. The molecule has 1 N–H and O–H groups in total. The fourth-order valence-electron chi connectivity index (χ4n) is 2.98. The lowest BCUT2D eigenvalue weighted by Crippen LogP contribution is -2.35. The van der Waals surface area contributed by atoms with Crippen molar-refractivity contribution in [3.63, 3.8) is 0 Å². The lowest BCUT2D eigenvalue weighted by Gasteiger charge is -2.29. The molecule has 1 aliphatic rings. The number of aryl methyl sites for hydroxylation is 1. The monoisotopic (exact) mass is 289 g/mol. The van der Waals surface area contributed by atoms with E-state index in [2.05, 4.69) is 34.8 Å². The Morgan fingerprint density at radius 3 is 3.00 bits per heavy atom. The molecule has 20 heavy (non-hydrogen) atoms. The van der Waals surface area contributed by atoms with Crippen LogP contribution in [-0.2, 0) is 0 Å². The second-order valence-corrected chi connectivity index (χ2v) is 6.11. The van der Waals surface area contributed by atoms with Crippen LogP contribution in [0.25, 0.3) is 5.69 Å². The molecule has 2 heterocycles. The molecule has 2 aromatic rings. The molecule has 1 fully saturated rings. The van der Waals surface area contributed by atoms with Crippen molar-refractivity contribution < 1.29 is 0 Å². The van der Waals surface area contributed by atoms with E-state index >= 15 is 0 Å². The molecule has 1 saturated heterocycles.